The van der Waals surface area contributed by atoms with Crippen molar-refractivity contribution in [3.8, 4) is 0 Å². The van der Waals surface area contributed by atoms with Crippen molar-refractivity contribution in [3.05, 3.63) is 24.8 Å². The summed E-state index contributed by atoms with van der Waals surface area (Å²) < 4.78 is 0. The van der Waals surface area contributed by atoms with E-state index in [2.05, 4.69) is 44.0 Å². The minimum Gasteiger partial charge on any atom is -0.311 e. The highest BCUT2D eigenvalue weighted by Crippen LogP contribution is 2.24. The van der Waals surface area contributed by atoms with Crippen molar-refractivity contribution >= 4 is 0 Å². The molecule has 0 saturated carbocycles. The van der Waals surface area contributed by atoms with Gasteiger partial charge in [0.1, 0.15) is 0 Å². The standard InChI is InChI=1S/C11H19N/c1-4-6-7-10(5-2)9(3)11-8-12-11/h4-6,9-12H,2,7-8H2,1,3H3/b6-4-. The monoisotopic (exact) mass is 165 g/mol. The average Bonchev–Trinajstić information content (AvgIpc) is 2.88. The van der Waals surface area contributed by atoms with Crippen LogP contribution in [-0.2, 0) is 0 Å². The first-order valence-electron chi connectivity index (χ1n) is 4.76. The third kappa shape index (κ3) is 2.49. The minimum atomic E-state index is 0.640. The summed E-state index contributed by atoms with van der Waals surface area (Å²) in [5.74, 6) is 1.37. The summed E-state index contributed by atoms with van der Waals surface area (Å²) in [5.41, 5.74) is 0. The van der Waals surface area contributed by atoms with Gasteiger partial charge in [-0.3, -0.25) is 0 Å². The van der Waals surface area contributed by atoms with E-state index in [0.717, 1.165) is 18.4 Å². The molecule has 0 spiro atoms. The van der Waals surface area contributed by atoms with Crippen molar-refractivity contribution in [3.63, 3.8) is 0 Å². The molecule has 0 radical (unpaired) electrons. The Hall–Kier alpha value is -0.560. The van der Waals surface area contributed by atoms with Crippen molar-refractivity contribution < 1.29 is 0 Å². The van der Waals surface area contributed by atoms with E-state index in [1.807, 2.05) is 0 Å². The first kappa shape index (κ1) is 9.53. The van der Waals surface area contributed by atoms with Crippen molar-refractivity contribution in [1.29, 1.82) is 0 Å². The number of allylic oxidation sites excluding steroid dienone is 3. The SMILES string of the molecule is C=CC(C/C=C\C)C(C)C1CN1. The van der Waals surface area contributed by atoms with Gasteiger partial charge in [-0.1, -0.05) is 25.2 Å². The van der Waals surface area contributed by atoms with Gasteiger partial charge in [-0.25, -0.2) is 0 Å². The summed E-state index contributed by atoms with van der Waals surface area (Å²) in [4.78, 5) is 0. The number of hydrogen-bond donors (Lipinski definition) is 1. The minimum absolute atomic E-state index is 0.640. The van der Waals surface area contributed by atoms with Gasteiger partial charge in [0.15, 0.2) is 0 Å². The van der Waals surface area contributed by atoms with Gasteiger partial charge in [-0.2, -0.15) is 0 Å². The van der Waals surface area contributed by atoms with Crippen LogP contribution in [0.1, 0.15) is 20.3 Å². The molecule has 1 aliphatic rings. The smallest absolute Gasteiger partial charge is 0.0224 e. The average molecular weight is 165 g/mol. The topological polar surface area (TPSA) is 21.9 Å². The summed E-state index contributed by atoms with van der Waals surface area (Å²) in [7, 11) is 0. The summed E-state index contributed by atoms with van der Waals surface area (Å²) in [6, 6.07) is 0.748. The molecule has 1 fully saturated rings. The lowest BCUT2D eigenvalue weighted by atomic mass is 9.88. The molecule has 1 heterocycles. The largest absolute Gasteiger partial charge is 0.311 e. The van der Waals surface area contributed by atoms with Gasteiger partial charge in [0.25, 0.3) is 0 Å². The fourth-order valence-electron chi connectivity index (χ4n) is 1.56. The third-order valence-electron chi connectivity index (χ3n) is 2.70. The highest BCUT2D eigenvalue weighted by Gasteiger charge is 2.30. The molecular weight excluding hydrogens is 146 g/mol. The number of nitrogens with one attached hydrogen (secondary N) is 1. The molecule has 1 nitrogen and oxygen atoms in total. The molecule has 0 aromatic rings. The van der Waals surface area contributed by atoms with Gasteiger partial charge < -0.3 is 5.32 Å². The Morgan fingerprint density at radius 1 is 1.67 bits per heavy atom. The Morgan fingerprint density at radius 2 is 2.33 bits per heavy atom. The summed E-state index contributed by atoms with van der Waals surface area (Å²) >= 11 is 0. The van der Waals surface area contributed by atoms with Crippen LogP contribution in [0.3, 0.4) is 0 Å². The van der Waals surface area contributed by atoms with E-state index in [9.17, 15) is 0 Å². The molecule has 1 aliphatic heterocycles. The predicted octanol–water partition coefficient (Wildman–Crippen LogP) is 2.36. The maximum absolute atomic E-state index is 3.88. The molecule has 3 unspecified atom stereocenters. The fourth-order valence-corrected chi connectivity index (χ4v) is 1.56. The quantitative estimate of drug-likeness (QED) is 0.490. The van der Waals surface area contributed by atoms with Crippen LogP contribution in [-0.4, -0.2) is 12.6 Å². The highest BCUT2D eigenvalue weighted by molar-refractivity contribution is 4.98. The van der Waals surface area contributed by atoms with Crippen molar-refractivity contribution in [2.24, 2.45) is 11.8 Å². The Bertz CT molecular complexity index is 168. The lowest BCUT2D eigenvalue weighted by Crippen LogP contribution is -2.16. The van der Waals surface area contributed by atoms with E-state index in [4.69, 9.17) is 0 Å². The summed E-state index contributed by atoms with van der Waals surface area (Å²) in [6.45, 7) is 9.45. The van der Waals surface area contributed by atoms with Crippen LogP contribution in [0, 0.1) is 11.8 Å². The van der Waals surface area contributed by atoms with Crippen molar-refractivity contribution in [2.75, 3.05) is 6.54 Å². The van der Waals surface area contributed by atoms with E-state index < -0.39 is 0 Å². The molecule has 12 heavy (non-hydrogen) atoms. The lowest BCUT2D eigenvalue weighted by molar-refractivity contribution is 0.424. The molecule has 1 saturated heterocycles. The van der Waals surface area contributed by atoms with Crippen LogP contribution in [0.4, 0.5) is 0 Å². The third-order valence-corrected chi connectivity index (χ3v) is 2.70. The van der Waals surface area contributed by atoms with Gasteiger partial charge in [0.2, 0.25) is 0 Å². The molecule has 1 rings (SSSR count). The van der Waals surface area contributed by atoms with E-state index in [0.29, 0.717) is 5.92 Å². The molecule has 3 atom stereocenters. The zero-order valence-corrected chi connectivity index (χ0v) is 8.09. The first-order valence-corrected chi connectivity index (χ1v) is 4.76. The van der Waals surface area contributed by atoms with Crippen LogP contribution in [0.2, 0.25) is 0 Å². The van der Waals surface area contributed by atoms with Crippen molar-refractivity contribution in [1.82, 2.24) is 5.32 Å². The Morgan fingerprint density at radius 3 is 2.75 bits per heavy atom. The molecule has 0 aromatic heterocycles. The Kier molecular flexibility index (Phi) is 3.54. The fraction of sp³-hybridized carbons (Fsp3) is 0.636. The van der Waals surface area contributed by atoms with Crippen LogP contribution in [0.25, 0.3) is 0 Å². The van der Waals surface area contributed by atoms with Gasteiger partial charge in [-0.15, -0.1) is 6.58 Å². The molecule has 68 valence electrons. The second kappa shape index (κ2) is 4.46. The van der Waals surface area contributed by atoms with Crippen LogP contribution in [0.5, 0.6) is 0 Å². The van der Waals surface area contributed by atoms with Gasteiger partial charge in [0, 0.05) is 12.6 Å². The molecule has 1 heteroatoms. The number of rotatable bonds is 5. The van der Waals surface area contributed by atoms with Gasteiger partial charge in [-0.05, 0) is 25.2 Å². The van der Waals surface area contributed by atoms with Gasteiger partial charge >= 0.3 is 0 Å². The molecular formula is C11H19N. The van der Waals surface area contributed by atoms with E-state index in [1.165, 1.54) is 6.54 Å². The van der Waals surface area contributed by atoms with Crippen LogP contribution < -0.4 is 5.32 Å². The van der Waals surface area contributed by atoms with E-state index in [1.54, 1.807) is 0 Å². The maximum atomic E-state index is 3.88. The molecule has 0 bridgehead atoms. The van der Waals surface area contributed by atoms with Crippen LogP contribution in [0.15, 0.2) is 24.8 Å². The molecule has 1 N–H and O–H groups in total. The molecule has 0 amide bonds. The van der Waals surface area contributed by atoms with Gasteiger partial charge in [0.05, 0.1) is 0 Å². The lowest BCUT2D eigenvalue weighted by Gasteiger charge is -2.17. The second-order valence-electron chi connectivity index (χ2n) is 3.58. The summed E-state index contributed by atoms with van der Waals surface area (Å²) in [5, 5.41) is 3.35. The van der Waals surface area contributed by atoms with E-state index in [-0.39, 0.29) is 0 Å². The zero-order chi connectivity index (χ0) is 8.97. The Labute approximate surface area is 75.6 Å². The second-order valence-corrected chi connectivity index (χ2v) is 3.58. The van der Waals surface area contributed by atoms with E-state index >= 15 is 0 Å². The normalized spacial score (nSPS) is 27.0. The first-order chi connectivity index (χ1) is 5.79. The maximum Gasteiger partial charge on any atom is 0.0224 e. The summed E-state index contributed by atoms with van der Waals surface area (Å²) in [6.07, 6.45) is 7.57. The number of hydrogen-bond acceptors (Lipinski definition) is 1. The zero-order valence-electron chi connectivity index (χ0n) is 8.09. The molecule has 0 aliphatic carbocycles. The van der Waals surface area contributed by atoms with Crippen LogP contribution >= 0.6 is 0 Å². The predicted molar refractivity (Wildman–Crippen MR) is 54.1 cm³/mol. The molecule has 0 aromatic carbocycles. The van der Waals surface area contributed by atoms with Crippen molar-refractivity contribution in [2.45, 2.75) is 26.3 Å². The Balaban J connectivity index is 2.36. The highest BCUT2D eigenvalue weighted by atomic mass is 15.1.